The first-order valence-electron chi connectivity index (χ1n) is 16.9. The van der Waals surface area contributed by atoms with Crippen molar-refractivity contribution in [3.05, 3.63) is 24.3 Å². The van der Waals surface area contributed by atoms with Crippen LogP contribution in [0.3, 0.4) is 0 Å². The number of nitrogens with zero attached hydrogens (tertiary/aromatic N) is 1. The van der Waals surface area contributed by atoms with Crippen LogP contribution in [0.15, 0.2) is 24.3 Å². The molecule has 8 heteroatoms. The summed E-state index contributed by atoms with van der Waals surface area (Å²) in [6.07, 6.45) is 25.7. The maximum absolute atomic E-state index is 12.5. The summed E-state index contributed by atoms with van der Waals surface area (Å²) in [5, 5.41) is 9.50. The molecule has 0 aliphatic rings. The zero-order valence-corrected chi connectivity index (χ0v) is 28.2. The Hall–Kier alpha value is -2.19. The van der Waals surface area contributed by atoms with Gasteiger partial charge >= 0.3 is 17.9 Å². The third-order valence-electron chi connectivity index (χ3n) is 7.35. The molecule has 0 aromatic carbocycles. The lowest BCUT2D eigenvalue weighted by Crippen LogP contribution is -2.50. The average Bonchev–Trinajstić information content (AvgIpc) is 2.94. The van der Waals surface area contributed by atoms with Crippen molar-refractivity contribution >= 4 is 17.9 Å². The van der Waals surface area contributed by atoms with Gasteiger partial charge in [0.2, 0.25) is 0 Å². The first-order chi connectivity index (χ1) is 20.6. The Morgan fingerprint density at radius 3 is 1.84 bits per heavy atom. The lowest BCUT2D eigenvalue weighted by atomic mass is 10.1. The molecular weight excluding hydrogens is 546 g/mol. The fraction of sp³-hybridized carbons (Fsp3) is 0.800. The minimum Gasteiger partial charge on any atom is -0.477 e. The van der Waals surface area contributed by atoms with Gasteiger partial charge in [0, 0.05) is 19.3 Å². The molecule has 250 valence electrons. The first kappa shape index (κ1) is 40.8. The molecule has 0 aromatic rings. The number of quaternary nitrogens is 1. The highest BCUT2D eigenvalue weighted by Crippen LogP contribution is 2.12. The van der Waals surface area contributed by atoms with Crippen LogP contribution in [0.2, 0.25) is 0 Å². The molecule has 1 N–H and O–H groups in total. The standard InChI is InChI=1S/C35H63NO7/c1-6-8-10-11-12-13-14-15-16-17-18-19-20-21-22-24-26-34(38)43-31(30-42-33(37)25-23-9-7-2)29-41-28-27-32(35(39)40)36(3,4)5/h13-14,16-17,31-32H,6-12,15,18-30H2,1-5H3/p+1/b14-13-,17-16-. The van der Waals surface area contributed by atoms with Crippen molar-refractivity contribution < 1.29 is 38.2 Å². The molecule has 8 nitrogen and oxygen atoms in total. The highest BCUT2D eigenvalue weighted by molar-refractivity contribution is 5.72. The second kappa shape index (κ2) is 27.4. The van der Waals surface area contributed by atoms with Gasteiger partial charge in [0.05, 0.1) is 34.4 Å². The fourth-order valence-electron chi connectivity index (χ4n) is 4.65. The van der Waals surface area contributed by atoms with E-state index < -0.39 is 18.1 Å². The van der Waals surface area contributed by atoms with Crippen LogP contribution in [0.5, 0.6) is 0 Å². The predicted molar refractivity (Wildman–Crippen MR) is 174 cm³/mol. The molecule has 0 bridgehead atoms. The Labute approximate surface area is 262 Å². The fourth-order valence-corrected chi connectivity index (χ4v) is 4.65. The number of carboxylic acids is 1. The maximum atomic E-state index is 12.5. The average molecular weight is 611 g/mol. The molecule has 0 spiro atoms. The van der Waals surface area contributed by atoms with E-state index in [9.17, 15) is 19.5 Å². The molecule has 0 rings (SSSR count). The summed E-state index contributed by atoms with van der Waals surface area (Å²) in [6.45, 7) is 4.51. The van der Waals surface area contributed by atoms with Crippen molar-refractivity contribution in [2.45, 2.75) is 142 Å². The summed E-state index contributed by atoms with van der Waals surface area (Å²) in [5.41, 5.74) is 0. The lowest BCUT2D eigenvalue weighted by Gasteiger charge is -2.31. The van der Waals surface area contributed by atoms with Gasteiger partial charge in [0.15, 0.2) is 12.1 Å². The SMILES string of the molecule is CCCCCC/C=C\C/C=C\CCCCCCCC(=O)OC(COCCC(C(=O)O)[N+](C)(C)C)COC(=O)CCCCC. The molecular formula is C35H64NO7+. The van der Waals surface area contributed by atoms with Crippen LogP contribution in [0, 0.1) is 0 Å². The van der Waals surface area contributed by atoms with Crippen LogP contribution in [0.4, 0.5) is 0 Å². The number of carbonyl (C=O) groups excluding carboxylic acids is 2. The Bertz CT molecular complexity index is 773. The van der Waals surface area contributed by atoms with Gasteiger partial charge in [-0.3, -0.25) is 9.59 Å². The van der Waals surface area contributed by atoms with Crippen LogP contribution in [0.25, 0.3) is 0 Å². The quantitative estimate of drug-likeness (QED) is 0.0399. The second-order valence-electron chi connectivity index (χ2n) is 12.4. The molecule has 0 radical (unpaired) electrons. The maximum Gasteiger partial charge on any atom is 0.362 e. The highest BCUT2D eigenvalue weighted by Gasteiger charge is 2.31. The zero-order chi connectivity index (χ0) is 32.2. The molecule has 0 saturated heterocycles. The van der Waals surface area contributed by atoms with Crippen molar-refractivity contribution in [2.24, 2.45) is 0 Å². The van der Waals surface area contributed by atoms with E-state index in [0.29, 0.717) is 19.3 Å². The number of hydrogen-bond donors (Lipinski definition) is 1. The summed E-state index contributed by atoms with van der Waals surface area (Å²) in [6, 6.07) is -0.611. The van der Waals surface area contributed by atoms with Gasteiger partial charge in [-0.2, -0.15) is 0 Å². The minimum atomic E-state index is -0.882. The van der Waals surface area contributed by atoms with E-state index in [1.165, 1.54) is 32.1 Å². The third kappa shape index (κ3) is 26.0. The lowest BCUT2D eigenvalue weighted by molar-refractivity contribution is -0.887. The minimum absolute atomic E-state index is 0.0553. The molecule has 0 heterocycles. The van der Waals surface area contributed by atoms with Gasteiger partial charge < -0.3 is 23.8 Å². The number of allylic oxidation sites excluding steroid dienone is 4. The van der Waals surface area contributed by atoms with Crippen LogP contribution >= 0.6 is 0 Å². The number of carbonyl (C=O) groups is 3. The number of aliphatic carboxylic acids is 1. The van der Waals surface area contributed by atoms with Crippen molar-refractivity contribution in [1.29, 1.82) is 0 Å². The van der Waals surface area contributed by atoms with Crippen molar-refractivity contribution in [1.82, 2.24) is 0 Å². The molecule has 0 fully saturated rings. The smallest absolute Gasteiger partial charge is 0.362 e. The Morgan fingerprint density at radius 2 is 1.23 bits per heavy atom. The van der Waals surface area contributed by atoms with E-state index in [2.05, 4.69) is 38.2 Å². The van der Waals surface area contributed by atoms with Gasteiger partial charge in [-0.25, -0.2) is 4.79 Å². The van der Waals surface area contributed by atoms with Crippen LogP contribution in [0.1, 0.15) is 129 Å². The molecule has 0 aliphatic carbocycles. The molecule has 0 aromatic heterocycles. The van der Waals surface area contributed by atoms with E-state index in [-0.39, 0.29) is 36.2 Å². The monoisotopic (exact) mass is 610 g/mol. The van der Waals surface area contributed by atoms with Crippen molar-refractivity contribution in [3.8, 4) is 0 Å². The molecule has 0 saturated carbocycles. The number of ether oxygens (including phenoxy) is 3. The number of rotatable bonds is 29. The molecule has 2 unspecified atom stereocenters. The van der Waals surface area contributed by atoms with Crippen molar-refractivity contribution in [2.75, 3.05) is 41.0 Å². The first-order valence-corrected chi connectivity index (χ1v) is 16.9. The number of hydrogen-bond acceptors (Lipinski definition) is 6. The summed E-state index contributed by atoms with van der Waals surface area (Å²) in [7, 11) is 5.48. The summed E-state index contributed by atoms with van der Waals surface area (Å²) < 4.78 is 16.9. The summed E-state index contributed by atoms with van der Waals surface area (Å²) in [5.74, 6) is -1.52. The van der Waals surface area contributed by atoms with Crippen molar-refractivity contribution in [3.63, 3.8) is 0 Å². The van der Waals surface area contributed by atoms with E-state index in [1.54, 1.807) is 0 Å². The third-order valence-corrected chi connectivity index (χ3v) is 7.35. The normalized spacial score (nSPS) is 13.4. The number of esters is 2. The number of likely N-dealkylation sites (N-methyl/N-ethyl adjacent to an activating group) is 1. The van der Waals surface area contributed by atoms with E-state index in [0.717, 1.165) is 64.2 Å². The zero-order valence-electron chi connectivity index (χ0n) is 28.2. The molecule has 0 amide bonds. The number of carboxylic acid groups (broad SMARTS) is 1. The van der Waals surface area contributed by atoms with Gasteiger partial charge in [-0.1, -0.05) is 89.5 Å². The van der Waals surface area contributed by atoms with Gasteiger partial charge in [0.25, 0.3) is 0 Å². The summed E-state index contributed by atoms with van der Waals surface area (Å²) >= 11 is 0. The summed E-state index contributed by atoms with van der Waals surface area (Å²) in [4.78, 5) is 36.2. The Morgan fingerprint density at radius 1 is 0.698 bits per heavy atom. The largest absolute Gasteiger partial charge is 0.477 e. The molecule has 2 atom stereocenters. The highest BCUT2D eigenvalue weighted by atomic mass is 16.6. The van der Waals surface area contributed by atoms with Gasteiger partial charge in [0.1, 0.15) is 6.61 Å². The Balaban J connectivity index is 4.30. The predicted octanol–water partition coefficient (Wildman–Crippen LogP) is 7.79. The van der Waals surface area contributed by atoms with Crippen LogP contribution in [-0.4, -0.2) is 80.6 Å². The Kier molecular flexibility index (Phi) is 26.0. The molecule has 43 heavy (non-hydrogen) atoms. The van der Waals surface area contributed by atoms with Gasteiger partial charge in [-0.15, -0.1) is 0 Å². The molecule has 0 aliphatic heterocycles. The second-order valence-corrected chi connectivity index (χ2v) is 12.4. The van der Waals surface area contributed by atoms with Crippen LogP contribution in [-0.2, 0) is 28.6 Å². The van der Waals surface area contributed by atoms with Crippen LogP contribution < -0.4 is 0 Å². The van der Waals surface area contributed by atoms with Gasteiger partial charge in [-0.05, 0) is 44.9 Å². The van der Waals surface area contributed by atoms with E-state index in [1.807, 2.05) is 21.1 Å². The number of unbranched alkanes of at least 4 members (excludes halogenated alkanes) is 11. The van der Waals surface area contributed by atoms with E-state index >= 15 is 0 Å². The topological polar surface area (TPSA) is 99.1 Å². The van der Waals surface area contributed by atoms with E-state index in [4.69, 9.17) is 14.2 Å².